The Morgan fingerprint density at radius 2 is 0.944 bits per heavy atom. The monoisotopic (exact) mass is 472 g/mol. The predicted octanol–water partition coefficient (Wildman–Crippen LogP) is 5.70. The SMILES string of the molecule is O=C1c2ccccc2C(=O)N1c1ccc(N=Nc2ccccc2)c(N2C(=O)c3ccccc3C2=O)c1. The first-order chi connectivity index (χ1) is 17.5. The number of anilines is 2. The molecule has 0 saturated heterocycles. The number of carbonyl (C=O) groups is 4. The lowest BCUT2D eigenvalue weighted by molar-refractivity contribution is 0.0912. The lowest BCUT2D eigenvalue weighted by Gasteiger charge is -2.20. The van der Waals surface area contributed by atoms with Crippen LogP contribution in [0.25, 0.3) is 0 Å². The summed E-state index contributed by atoms with van der Waals surface area (Å²) in [6.07, 6.45) is 0. The van der Waals surface area contributed by atoms with E-state index >= 15 is 0 Å². The molecule has 4 aromatic carbocycles. The Morgan fingerprint density at radius 3 is 1.47 bits per heavy atom. The van der Waals surface area contributed by atoms with E-state index in [9.17, 15) is 19.2 Å². The number of benzene rings is 4. The van der Waals surface area contributed by atoms with Crippen molar-refractivity contribution in [1.82, 2.24) is 0 Å². The first-order valence-corrected chi connectivity index (χ1v) is 11.1. The van der Waals surface area contributed by atoms with Crippen molar-refractivity contribution in [3.8, 4) is 0 Å². The summed E-state index contributed by atoms with van der Waals surface area (Å²) in [6, 6.07) is 26.6. The molecule has 4 amide bonds. The quantitative estimate of drug-likeness (QED) is 0.281. The van der Waals surface area contributed by atoms with Crippen molar-refractivity contribution in [3.05, 3.63) is 119 Å². The van der Waals surface area contributed by atoms with Crippen LogP contribution in [0.3, 0.4) is 0 Å². The molecule has 2 heterocycles. The second kappa shape index (κ2) is 8.21. The number of rotatable bonds is 4. The number of hydrogen-bond donors (Lipinski definition) is 0. The van der Waals surface area contributed by atoms with E-state index in [4.69, 9.17) is 0 Å². The minimum Gasteiger partial charge on any atom is -0.268 e. The average molecular weight is 472 g/mol. The lowest BCUT2D eigenvalue weighted by atomic mass is 10.1. The van der Waals surface area contributed by atoms with E-state index in [0.29, 0.717) is 5.69 Å². The molecule has 0 fully saturated rings. The molecule has 0 aliphatic carbocycles. The second-order valence-corrected chi connectivity index (χ2v) is 8.19. The van der Waals surface area contributed by atoms with E-state index in [2.05, 4.69) is 10.2 Å². The number of nitrogens with zero attached hydrogens (tertiary/aromatic N) is 4. The van der Waals surface area contributed by atoms with Crippen molar-refractivity contribution in [1.29, 1.82) is 0 Å². The van der Waals surface area contributed by atoms with Gasteiger partial charge in [0, 0.05) is 0 Å². The molecule has 0 bridgehead atoms. The molecule has 0 radical (unpaired) electrons. The van der Waals surface area contributed by atoms with E-state index in [1.165, 1.54) is 12.1 Å². The van der Waals surface area contributed by atoms with E-state index < -0.39 is 23.6 Å². The van der Waals surface area contributed by atoms with Crippen LogP contribution in [0.2, 0.25) is 0 Å². The van der Waals surface area contributed by atoms with Crippen LogP contribution in [-0.2, 0) is 0 Å². The number of imide groups is 2. The maximum Gasteiger partial charge on any atom is 0.266 e. The molecule has 4 aromatic rings. The lowest BCUT2D eigenvalue weighted by Crippen LogP contribution is -2.31. The van der Waals surface area contributed by atoms with Crippen molar-refractivity contribution in [2.75, 3.05) is 9.80 Å². The van der Waals surface area contributed by atoms with Gasteiger partial charge in [-0.05, 0) is 54.6 Å². The molecule has 0 saturated carbocycles. The molecule has 8 heteroatoms. The number of azo groups is 1. The maximum absolute atomic E-state index is 13.3. The number of hydrogen-bond acceptors (Lipinski definition) is 6. The average Bonchev–Trinajstić information content (AvgIpc) is 3.32. The second-order valence-electron chi connectivity index (χ2n) is 8.19. The normalized spacial score (nSPS) is 14.7. The standard InChI is InChI=1S/C28H16N4O4/c33-25-19-10-4-5-11-20(19)26(34)31(25)18-14-15-23(30-29-17-8-2-1-3-9-17)24(16-18)32-27(35)21-12-6-7-13-22(21)28(32)36/h1-16H. The third kappa shape index (κ3) is 3.24. The molecule has 0 atom stereocenters. The molecule has 2 aliphatic heterocycles. The Bertz CT molecular complexity index is 1560. The van der Waals surface area contributed by atoms with Gasteiger partial charge in [0.25, 0.3) is 23.6 Å². The first kappa shape index (κ1) is 21.3. The molecule has 0 unspecified atom stereocenters. The van der Waals surface area contributed by atoms with Crippen molar-refractivity contribution in [2.24, 2.45) is 10.2 Å². The molecule has 172 valence electrons. The van der Waals surface area contributed by atoms with Crippen LogP contribution in [0.4, 0.5) is 22.7 Å². The largest absolute Gasteiger partial charge is 0.268 e. The minimum atomic E-state index is -0.522. The molecule has 6 rings (SSSR count). The zero-order chi connectivity index (χ0) is 24.8. The van der Waals surface area contributed by atoms with Crippen LogP contribution >= 0.6 is 0 Å². The van der Waals surface area contributed by atoms with Gasteiger partial charge in [-0.25, -0.2) is 9.80 Å². The molecule has 0 spiro atoms. The van der Waals surface area contributed by atoms with Crippen molar-refractivity contribution in [2.45, 2.75) is 0 Å². The zero-order valence-corrected chi connectivity index (χ0v) is 18.7. The van der Waals surface area contributed by atoms with Gasteiger partial charge in [0.15, 0.2) is 0 Å². The van der Waals surface area contributed by atoms with Crippen molar-refractivity contribution in [3.63, 3.8) is 0 Å². The first-order valence-electron chi connectivity index (χ1n) is 11.1. The highest BCUT2D eigenvalue weighted by atomic mass is 16.2. The molecule has 2 aliphatic rings. The number of fused-ring (bicyclic) bond motifs is 2. The molecule has 36 heavy (non-hydrogen) atoms. The third-order valence-electron chi connectivity index (χ3n) is 6.08. The highest BCUT2D eigenvalue weighted by molar-refractivity contribution is 6.36. The van der Waals surface area contributed by atoms with Gasteiger partial charge in [0.2, 0.25) is 0 Å². The molecular formula is C28H16N4O4. The summed E-state index contributed by atoms with van der Waals surface area (Å²) < 4.78 is 0. The van der Waals surface area contributed by atoms with Gasteiger partial charge >= 0.3 is 0 Å². The van der Waals surface area contributed by atoms with Crippen LogP contribution in [0.1, 0.15) is 41.4 Å². The summed E-state index contributed by atoms with van der Waals surface area (Å²) in [6.45, 7) is 0. The van der Waals surface area contributed by atoms with Gasteiger partial charge in [-0.2, -0.15) is 5.11 Å². The summed E-state index contributed by atoms with van der Waals surface area (Å²) in [7, 11) is 0. The van der Waals surface area contributed by atoms with E-state index in [-0.39, 0.29) is 39.3 Å². The highest BCUT2D eigenvalue weighted by Gasteiger charge is 2.40. The fourth-order valence-electron chi connectivity index (χ4n) is 4.35. The zero-order valence-electron chi connectivity index (χ0n) is 18.7. The Kier molecular flexibility index (Phi) is 4.86. The van der Waals surface area contributed by atoms with Crippen LogP contribution < -0.4 is 9.80 Å². The van der Waals surface area contributed by atoms with Gasteiger partial charge in [-0.1, -0.05) is 42.5 Å². The van der Waals surface area contributed by atoms with Gasteiger partial charge in [0.05, 0.1) is 39.3 Å². The van der Waals surface area contributed by atoms with Crippen LogP contribution in [0, 0.1) is 0 Å². The summed E-state index contributed by atoms with van der Waals surface area (Å²) in [5.41, 5.74) is 2.25. The number of carbonyl (C=O) groups excluding carboxylic acids is 4. The molecule has 0 aromatic heterocycles. The summed E-state index contributed by atoms with van der Waals surface area (Å²) in [4.78, 5) is 54.7. The van der Waals surface area contributed by atoms with Crippen LogP contribution in [0.15, 0.2) is 107 Å². The van der Waals surface area contributed by atoms with Gasteiger partial charge in [0.1, 0.15) is 5.69 Å². The van der Waals surface area contributed by atoms with Gasteiger partial charge in [-0.3, -0.25) is 19.2 Å². The van der Waals surface area contributed by atoms with E-state index in [1.54, 1.807) is 66.7 Å². The summed E-state index contributed by atoms with van der Waals surface area (Å²) >= 11 is 0. The predicted molar refractivity (Wildman–Crippen MR) is 132 cm³/mol. The maximum atomic E-state index is 13.3. The van der Waals surface area contributed by atoms with Crippen molar-refractivity contribution >= 4 is 46.4 Å². The smallest absolute Gasteiger partial charge is 0.266 e. The summed E-state index contributed by atoms with van der Waals surface area (Å²) in [5, 5.41) is 8.51. The Morgan fingerprint density at radius 1 is 0.472 bits per heavy atom. The molecular weight excluding hydrogens is 456 g/mol. The fourth-order valence-corrected chi connectivity index (χ4v) is 4.35. The highest BCUT2D eigenvalue weighted by Crippen LogP contribution is 2.40. The topological polar surface area (TPSA) is 99.5 Å². The third-order valence-corrected chi connectivity index (χ3v) is 6.08. The van der Waals surface area contributed by atoms with Crippen LogP contribution in [0.5, 0.6) is 0 Å². The van der Waals surface area contributed by atoms with Gasteiger partial charge < -0.3 is 0 Å². The van der Waals surface area contributed by atoms with E-state index in [1.807, 2.05) is 18.2 Å². The van der Waals surface area contributed by atoms with Crippen molar-refractivity contribution < 1.29 is 19.2 Å². The number of amides is 4. The Hall–Kier alpha value is -5.24. The van der Waals surface area contributed by atoms with Gasteiger partial charge in [-0.15, -0.1) is 5.11 Å². The fraction of sp³-hybridized carbons (Fsp3) is 0. The van der Waals surface area contributed by atoms with E-state index in [0.717, 1.165) is 9.80 Å². The Balaban J connectivity index is 1.48. The van der Waals surface area contributed by atoms with Crippen LogP contribution in [-0.4, -0.2) is 23.6 Å². The minimum absolute atomic E-state index is 0.120. The molecule has 8 nitrogen and oxygen atoms in total. The summed E-state index contributed by atoms with van der Waals surface area (Å²) in [5.74, 6) is -2.01. The Labute approximate surface area is 205 Å². The molecule has 0 N–H and O–H groups in total.